The highest BCUT2D eigenvalue weighted by Gasteiger charge is 2.38. The lowest BCUT2D eigenvalue weighted by atomic mass is 9.77. The number of rotatable bonds is 0. The predicted octanol–water partition coefficient (Wildman–Crippen LogP) is 1.19. The van der Waals surface area contributed by atoms with E-state index in [1.165, 1.54) is 25.9 Å². The van der Waals surface area contributed by atoms with Crippen molar-refractivity contribution in [2.24, 2.45) is 5.41 Å². The van der Waals surface area contributed by atoms with Gasteiger partial charge in [0.25, 0.3) is 0 Å². The predicted molar refractivity (Wildman–Crippen MR) is 46.6 cm³/mol. The minimum atomic E-state index is 0.616. The van der Waals surface area contributed by atoms with E-state index in [1.54, 1.807) is 0 Å². The molecule has 2 aliphatic heterocycles. The van der Waals surface area contributed by atoms with Crippen LogP contribution in [-0.2, 0) is 4.74 Å². The van der Waals surface area contributed by atoms with E-state index in [9.17, 15) is 0 Å². The van der Waals surface area contributed by atoms with Crippen molar-refractivity contribution in [2.45, 2.75) is 12.8 Å². The van der Waals surface area contributed by atoms with Crippen molar-refractivity contribution in [3.63, 3.8) is 0 Å². The fourth-order valence-corrected chi connectivity index (χ4v) is 1.64. The molecule has 0 saturated carbocycles. The Hall–Kier alpha value is -0.340. The van der Waals surface area contributed by atoms with Gasteiger partial charge in [-0.3, -0.25) is 0 Å². The first-order valence-corrected chi connectivity index (χ1v) is 4.20. The van der Waals surface area contributed by atoms with Gasteiger partial charge in [0.2, 0.25) is 0 Å². The Bertz CT molecular complexity index is 113. The zero-order chi connectivity index (χ0) is 8.16. The fourth-order valence-electron chi connectivity index (χ4n) is 1.64. The third kappa shape index (κ3) is 1.82. The molecule has 11 heavy (non-hydrogen) atoms. The van der Waals surface area contributed by atoms with Crippen LogP contribution in [-0.4, -0.2) is 26.3 Å². The van der Waals surface area contributed by atoms with Crippen LogP contribution in [0.1, 0.15) is 12.8 Å². The Morgan fingerprint density at radius 1 is 1.09 bits per heavy atom. The summed E-state index contributed by atoms with van der Waals surface area (Å²) >= 11 is 0. The number of piperidine rings is 1. The molecule has 0 aromatic carbocycles. The smallest absolute Gasteiger partial charge is 0.0545 e. The second kappa shape index (κ2) is 3.88. The molecule has 2 rings (SSSR count). The van der Waals surface area contributed by atoms with Crippen molar-refractivity contribution in [1.82, 2.24) is 5.32 Å². The Kier molecular flexibility index (Phi) is 3.09. The van der Waals surface area contributed by atoms with Gasteiger partial charge in [0.05, 0.1) is 13.2 Å². The van der Waals surface area contributed by atoms with Gasteiger partial charge < -0.3 is 10.1 Å². The molecule has 0 bridgehead atoms. The Morgan fingerprint density at radius 3 is 1.91 bits per heavy atom. The molecule has 2 fully saturated rings. The maximum Gasteiger partial charge on any atom is 0.0545 e. The maximum atomic E-state index is 5.19. The summed E-state index contributed by atoms with van der Waals surface area (Å²) in [5.41, 5.74) is 0.616. The normalized spacial score (nSPS) is 26.5. The first-order chi connectivity index (χ1) is 5.41. The molecule has 2 nitrogen and oxygen atoms in total. The van der Waals surface area contributed by atoms with Crippen LogP contribution >= 0.6 is 0 Å². The number of hydrogen-bond donors (Lipinski definition) is 1. The van der Waals surface area contributed by atoms with Crippen LogP contribution in [0.4, 0.5) is 0 Å². The van der Waals surface area contributed by atoms with E-state index in [2.05, 4.69) is 18.5 Å². The van der Waals surface area contributed by atoms with Crippen molar-refractivity contribution < 1.29 is 4.74 Å². The van der Waals surface area contributed by atoms with Crippen molar-refractivity contribution in [3.8, 4) is 0 Å². The summed E-state index contributed by atoms with van der Waals surface area (Å²) in [5.74, 6) is 0. The van der Waals surface area contributed by atoms with E-state index in [4.69, 9.17) is 4.74 Å². The average Bonchev–Trinajstić information content (AvgIpc) is 2.07. The average molecular weight is 155 g/mol. The van der Waals surface area contributed by atoms with E-state index >= 15 is 0 Å². The van der Waals surface area contributed by atoms with Gasteiger partial charge in [0.15, 0.2) is 0 Å². The molecule has 64 valence electrons. The van der Waals surface area contributed by atoms with E-state index in [1.807, 2.05) is 0 Å². The summed E-state index contributed by atoms with van der Waals surface area (Å²) in [6.07, 6.45) is 2.65. The summed E-state index contributed by atoms with van der Waals surface area (Å²) in [7, 11) is 0. The summed E-state index contributed by atoms with van der Waals surface area (Å²) in [6.45, 7) is 10.4. The third-order valence-corrected chi connectivity index (χ3v) is 2.48. The minimum absolute atomic E-state index is 0.616. The molecule has 0 atom stereocenters. The molecule has 2 heterocycles. The van der Waals surface area contributed by atoms with Gasteiger partial charge in [-0.05, 0) is 25.9 Å². The van der Waals surface area contributed by atoms with Crippen LogP contribution in [0.5, 0.6) is 0 Å². The van der Waals surface area contributed by atoms with Gasteiger partial charge in [-0.15, -0.1) is 13.2 Å². The minimum Gasteiger partial charge on any atom is -0.380 e. The summed E-state index contributed by atoms with van der Waals surface area (Å²) in [4.78, 5) is 0. The second-order valence-electron chi connectivity index (χ2n) is 3.24. The highest BCUT2D eigenvalue weighted by molar-refractivity contribution is 4.89. The lowest BCUT2D eigenvalue weighted by Gasteiger charge is -2.44. The molecule has 1 spiro atoms. The van der Waals surface area contributed by atoms with Crippen molar-refractivity contribution in [2.75, 3.05) is 26.3 Å². The zero-order valence-electron chi connectivity index (χ0n) is 7.07. The quantitative estimate of drug-likeness (QED) is 0.530. The Morgan fingerprint density at radius 2 is 1.64 bits per heavy atom. The Balaban J connectivity index is 0.000000281. The topological polar surface area (TPSA) is 21.3 Å². The summed E-state index contributed by atoms with van der Waals surface area (Å²) in [5, 5.41) is 3.35. The highest BCUT2D eigenvalue weighted by atomic mass is 16.5. The third-order valence-electron chi connectivity index (χ3n) is 2.48. The lowest BCUT2D eigenvalue weighted by molar-refractivity contribution is -0.127. The van der Waals surface area contributed by atoms with E-state index < -0.39 is 0 Å². The SMILES string of the molecule is C1CC2(CCN1)COC2.C=C. The Labute approximate surface area is 68.6 Å². The van der Waals surface area contributed by atoms with Gasteiger partial charge in [0, 0.05) is 5.41 Å². The molecular weight excluding hydrogens is 138 g/mol. The van der Waals surface area contributed by atoms with E-state index in [0.717, 1.165) is 13.2 Å². The van der Waals surface area contributed by atoms with Crippen LogP contribution in [0.3, 0.4) is 0 Å². The second-order valence-corrected chi connectivity index (χ2v) is 3.24. The van der Waals surface area contributed by atoms with E-state index in [0.29, 0.717) is 5.41 Å². The standard InChI is InChI=1S/C7H13NO.C2H4/c1-3-8-4-2-7(1)5-9-6-7;1-2/h8H,1-6H2;1-2H2. The molecule has 1 N–H and O–H groups in total. The highest BCUT2D eigenvalue weighted by Crippen LogP contribution is 2.35. The molecule has 0 aliphatic carbocycles. The van der Waals surface area contributed by atoms with E-state index in [-0.39, 0.29) is 0 Å². The van der Waals surface area contributed by atoms with Crippen molar-refractivity contribution in [1.29, 1.82) is 0 Å². The molecular formula is C9H17NO. The molecule has 0 radical (unpaired) electrons. The molecule has 2 aliphatic rings. The van der Waals surface area contributed by atoms with Gasteiger partial charge in [-0.1, -0.05) is 0 Å². The van der Waals surface area contributed by atoms with Crippen LogP contribution in [0.2, 0.25) is 0 Å². The molecule has 0 amide bonds. The fraction of sp³-hybridized carbons (Fsp3) is 0.778. The number of hydrogen-bond acceptors (Lipinski definition) is 2. The number of ether oxygens (including phenoxy) is 1. The lowest BCUT2D eigenvalue weighted by Crippen LogP contribution is -2.49. The summed E-state index contributed by atoms with van der Waals surface area (Å²) in [6, 6.07) is 0. The van der Waals surface area contributed by atoms with Crippen LogP contribution in [0.25, 0.3) is 0 Å². The van der Waals surface area contributed by atoms with Crippen molar-refractivity contribution in [3.05, 3.63) is 13.2 Å². The monoisotopic (exact) mass is 155 g/mol. The van der Waals surface area contributed by atoms with Gasteiger partial charge in [-0.2, -0.15) is 0 Å². The molecule has 0 aromatic heterocycles. The van der Waals surface area contributed by atoms with Crippen molar-refractivity contribution >= 4 is 0 Å². The molecule has 0 unspecified atom stereocenters. The van der Waals surface area contributed by atoms with Gasteiger partial charge >= 0.3 is 0 Å². The van der Waals surface area contributed by atoms with Crippen LogP contribution in [0, 0.1) is 5.41 Å². The van der Waals surface area contributed by atoms with Gasteiger partial charge in [0.1, 0.15) is 0 Å². The number of nitrogens with one attached hydrogen (secondary N) is 1. The van der Waals surface area contributed by atoms with Gasteiger partial charge in [-0.25, -0.2) is 0 Å². The zero-order valence-corrected chi connectivity index (χ0v) is 7.07. The molecule has 0 aromatic rings. The molecule has 2 heteroatoms. The first kappa shape index (κ1) is 8.75. The molecule has 2 saturated heterocycles. The first-order valence-electron chi connectivity index (χ1n) is 4.20. The van der Waals surface area contributed by atoms with Crippen LogP contribution < -0.4 is 5.32 Å². The summed E-state index contributed by atoms with van der Waals surface area (Å²) < 4.78 is 5.19. The maximum absolute atomic E-state index is 5.19. The largest absolute Gasteiger partial charge is 0.380 e. The van der Waals surface area contributed by atoms with Crippen LogP contribution in [0.15, 0.2) is 13.2 Å².